The molecule has 2 amide bonds. The number of carbonyl (C=O) groups is 2. The monoisotopic (exact) mass is 473 g/mol. The maximum absolute atomic E-state index is 13.5. The predicted molar refractivity (Wildman–Crippen MR) is 133 cm³/mol. The molecule has 0 aliphatic heterocycles. The summed E-state index contributed by atoms with van der Waals surface area (Å²) in [5, 5.41) is 2.83. The van der Waals surface area contributed by atoms with E-state index in [-0.39, 0.29) is 19.0 Å². The average Bonchev–Trinajstić information content (AvgIpc) is 2.73. The van der Waals surface area contributed by atoms with Crippen LogP contribution >= 0.6 is 0 Å². The third-order valence-corrected chi connectivity index (χ3v) is 6.50. The number of amides is 2. The first kappa shape index (κ1) is 26.4. The first-order chi connectivity index (χ1) is 15.4. The first-order valence-electron chi connectivity index (χ1n) is 11.1. The van der Waals surface area contributed by atoms with Crippen molar-refractivity contribution < 1.29 is 18.0 Å². The van der Waals surface area contributed by atoms with Crippen molar-refractivity contribution in [2.75, 3.05) is 23.7 Å². The van der Waals surface area contributed by atoms with Gasteiger partial charge in [0.15, 0.2) is 0 Å². The third kappa shape index (κ3) is 7.60. The van der Waals surface area contributed by atoms with Crippen molar-refractivity contribution in [3.05, 3.63) is 64.7 Å². The molecule has 0 aliphatic rings. The van der Waals surface area contributed by atoms with Crippen LogP contribution in [-0.4, -0.2) is 50.5 Å². The quantitative estimate of drug-likeness (QED) is 0.574. The van der Waals surface area contributed by atoms with Gasteiger partial charge >= 0.3 is 0 Å². The summed E-state index contributed by atoms with van der Waals surface area (Å²) in [6.07, 6.45) is 1.86. The van der Waals surface area contributed by atoms with Crippen molar-refractivity contribution in [3.63, 3.8) is 0 Å². The normalized spacial score (nSPS) is 12.2. The summed E-state index contributed by atoms with van der Waals surface area (Å²) < 4.78 is 26.4. The highest BCUT2D eigenvalue weighted by molar-refractivity contribution is 7.92. The van der Waals surface area contributed by atoms with Crippen LogP contribution in [0.3, 0.4) is 0 Å². The van der Waals surface area contributed by atoms with Crippen molar-refractivity contribution in [1.82, 2.24) is 10.2 Å². The highest BCUT2D eigenvalue weighted by Crippen LogP contribution is 2.22. The van der Waals surface area contributed by atoms with Crippen molar-refractivity contribution in [1.29, 1.82) is 0 Å². The molecule has 0 saturated heterocycles. The van der Waals surface area contributed by atoms with E-state index in [1.165, 1.54) is 4.90 Å². The van der Waals surface area contributed by atoms with Crippen molar-refractivity contribution in [2.24, 2.45) is 0 Å². The minimum absolute atomic E-state index is 0.199. The molecule has 180 valence electrons. The number of hydrogen-bond acceptors (Lipinski definition) is 4. The molecule has 0 fully saturated rings. The number of sulfonamides is 1. The van der Waals surface area contributed by atoms with Crippen LogP contribution in [0.4, 0.5) is 5.69 Å². The summed E-state index contributed by atoms with van der Waals surface area (Å²) in [6.45, 7) is 9.66. The smallest absolute Gasteiger partial charge is 0.244 e. The van der Waals surface area contributed by atoms with Gasteiger partial charge in [-0.15, -0.1) is 0 Å². The Bertz CT molecular complexity index is 1060. The maximum atomic E-state index is 13.5. The van der Waals surface area contributed by atoms with E-state index in [9.17, 15) is 18.0 Å². The molecule has 8 heteroatoms. The minimum Gasteiger partial charge on any atom is -0.354 e. The molecular weight excluding hydrogens is 438 g/mol. The highest BCUT2D eigenvalue weighted by Gasteiger charge is 2.30. The zero-order valence-corrected chi connectivity index (χ0v) is 21.2. The Labute approximate surface area is 197 Å². The van der Waals surface area contributed by atoms with E-state index in [4.69, 9.17) is 0 Å². The number of hydrogen-bond donors (Lipinski definition) is 1. The molecule has 2 aromatic rings. The average molecular weight is 474 g/mol. The Balaban J connectivity index is 2.39. The van der Waals surface area contributed by atoms with Gasteiger partial charge in [0.05, 0.1) is 11.9 Å². The lowest BCUT2D eigenvalue weighted by Crippen LogP contribution is -2.51. The first-order valence-corrected chi connectivity index (χ1v) is 13.0. The number of rotatable bonds is 10. The van der Waals surface area contributed by atoms with Crippen LogP contribution in [0.25, 0.3) is 0 Å². The molecular formula is C25H35N3O4S. The molecule has 0 bridgehead atoms. The molecule has 0 heterocycles. The van der Waals surface area contributed by atoms with Crippen molar-refractivity contribution in [2.45, 2.75) is 53.6 Å². The summed E-state index contributed by atoms with van der Waals surface area (Å²) in [5.41, 5.74) is 4.18. The van der Waals surface area contributed by atoms with Crippen LogP contribution in [0.2, 0.25) is 0 Å². The van der Waals surface area contributed by atoms with Gasteiger partial charge in [-0.1, -0.05) is 42.8 Å². The van der Waals surface area contributed by atoms with E-state index in [1.807, 2.05) is 58.0 Å². The Hall–Kier alpha value is -2.87. The third-order valence-electron chi connectivity index (χ3n) is 5.36. The van der Waals surface area contributed by atoms with Gasteiger partial charge in [-0.2, -0.15) is 0 Å². The summed E-state index contributed by atoms with van der Waals surface area (Å²) in [4.78, 5) is 27.6. The van der Waals surface area contributed by atoms with Crippen LogP contribution in [0, 0.1) is 20.8 Å². The molecule has 1 N–H and O–H groups in total. The Morgan fingerprint density at radius 2 is 1.55 bits per heavy atom. The van der Waals surface area contributed by atoms with Crippen LogP contribution in [-0.2, 0) is 26.2 Å². The van der Waals surface area contributed by atoms with Crippen molar-refractivity contribution >= 4 is 27.5 Å². The number of anilines is 1. The number of aryl methyl sites for hydroxylation is 3. The second-order valence-electron chi connectivity index (χ2n) is 8.59. The van der Waals surface area contributed by atoms with Gasteiger partial charge in [0.2, 0.25) is 21.8 Å². The number of nitrogens with one attached hydrogen (secondary N) is 1. The van der Waals surface area contributed by atoms with Gasteiger partial charge in [-0.3, -0.25) is 13.9 Å². The Morgan fingerprint density at radius 1 is 0.970 bits per heavy atom. The summed E-state index contributed by atoms with van der Waals surface area (Å²) in [6, 6.07) is 12.4. The Morgan fingerprint density at radius 3 is 2.06 bits per heavy atom. The summed E-state index contributed by atoms with van der Waals surface area (Å²) >= 11 is 0. The predicted octanol–water partition coefficient (Wildman–Crippen LogP) is 3.32. The van der Waals surface area contributed by atoms with E-state index < -0.39 is 22.0 Å². The summed E-state index contributed by atoms with van der Waals surface area (Å²) in [5.74, 6) is -0.714. The van der Waals surface area contributed by atoms with Crippen molar-refractivity contribution in [3.8, 4) is 0 Å². The molecule has 0 radical (unpaired) electrons. The highest BCUT2D eigenvalue weighted by atomic mass is 32.2. The molecule has 2 rings (SSSR count). The fraction of sp³-hybridized carbons (Fsp3) is 0.440. The lowest BCUT2D eigenvalue weighted by Gasteiger charge is -2.31. The van der Waals surface area contributed by atoms with Gasteiger partial charge in [0.1, 0.15) is 12.6 Å². The molecule has 0 aromatic heterocycles. The fourth-order valence-corrected chi connectivity index (χ4v) is 4.41. The molecule has 0 saturated carbocycles. The van der Waals surface area contributed by atoms with Gasteiger partial charge in [-0.05, 0) is 62.9 Å². The van der Waals surface area contributed by atoms with Gasteiger partial charge in [0, 0.05) is 13.1 Å². The second kappa shape index (κ2) is 11.3. The Kier molecular flexibility index (Phi) is 9.05. The minimum atomic E-state index is -3.73. The molecule has 7 nitrogen and oxygen atoms in total. The standard InChI is InChI=1S/C25H35N3O4S/c1-7-12-26-25(30)21(5)27(16-22-10-8-18(2)9-11-22)24(29)17-28(33(6,31)32)23-14-19(3)13-20(4)15-23/h8-11,13-15,21H,7,12,16-17H2,1-6H3,(H,26,30). The molecule has 1 atom stereocenters. The topological polar surface area (TPSA) is 86.8 Å². The molecule has 2 aromatic carbocycles. The number of nitrogens with zero attached hydrogens (tertiary/aromatic N) is 2. The lowest BCUT2D eigenvalue weighted by atomic mass is 10.1. The van der Waals surface area contributed by atoms with E-state index in [0.29, 0.717) is 12.2 Å². The zero-order chi connectivity index (χ0) is 24.8. The number of carbonyl (C=O) groups excluding carboxylic acids is 2. The molecule has 0 spiro atoms. The molecule has 1 unspecified atom stereocenters. The van der Waals surface area contributed by atoms with E-state index in [1.54, 1.807) is 19.1 Å². The molecule has 33 heavy (non-hydrogen) atoms. The molecule has 0 aliphatic carbocycles. The maximum Gasteiger partial charge on any atom is 0.244 e. The van der Waals surface area contributed by atoms with E-state index in [0.717, 1.165) is 39.2 Å². The van der Waals surface area contributed by atoms with Gasteiger partial charge in [-0.25, -0.2) is 8.42 Å². The van der Waals surface area contributed by atoms with E-state index in [2.05, 4.69) is 5.32 Å². The lowest BCUT2D eigenvalue weighted by molar-refractivity contribution is -0.139. The van der Waals surface area contributed by atoms with Gasteiger partial charge < -0.3 is 10.2 Å². The zero-order valence-electron chi connectivity index (χ0n) is 20.4. The van der Waals surface area contributed by atoms with Crippen LogP contribution in [0.5, 0.6) is 0 Å². The number of benzene rings is 2. The second-order valence-corrected chi connectivity index (χ2v) is 10.5. The van der Waals surface area contributed by atoms with Crippen LogP contribution in [0.1, 0.15) is 42.5 Å². The van der Waals surface area contributed by atoms with Crippen LogP contribution < -0.4 is 9.62 Å². The van der Waals surface area contributed by atoms with Gasteiger partial charge in [0.25, 0.3) is 0 Å². The largest absolute Gasteiger partial charge is 0.354 e. The van der Waals surface area contributed by atoms with E-state index >= 15 is 0 Å². The fourth-order valence-electron chi connectivity index (χ4n) is 3.58. The van der Waals surface area contributed by atoms with Crippen LogP contribution in [0.15, 0.2) is 42.5 Å². The SMILES string of the molecule is CCCNC(=O)C(C)N(Cc1ccc(C)cc1)C(=O)CN(c1cc(C)cc(C)c1)S(C)(=O)=O. The summed E-state index contributed by atoms with van der Waals surface area (Å²) in [7, 11) is -3.73.